The third kappa shape index (κ3) is 3.41. The van der Waals surface area contributed by atoms with E-state index in [1.807, 2.05) is 24.3 Å². The van der Waals surface area contributed by atoms with Gasteiger partial charge in [-0.25, -0.2) is 0 Å². The van der Waals surface area contributed by atoms with Crippen molar-refractivity contribution in [1.29, 1.82) is 0 Å². The molecule has 2 N–H and O–H groups in total. The fraction of sp³-hybridized carbons (Fsp3) is 0.625. The first-order valence-corrected chi connectivity index (χ1v) is 7.24. The van der Waals surface area contributed by atoms with E-state index in [2.05, 4.69) is 12.2 Å². The van der Waals surface area contributed by atoms with Crippen LogP contribution >= 0.6 is 0 Å². The Morgan fingerprint density at radius 1 is 1.26 bits per heavy atom. The van der Waals surface area contributed by atoms with Gasteiger partial charge in [0.05, 0.1) is 19.3 Å². The van der Waals surface area contributed by atoms with Crippen LogP contribution < -0.4 is 10.1 Å². The van der Waals surface area contributed by atoms with Crippen LogP contribution in [-0.2, 0) is 0 Å². The van der Waals surface area contributed by atoms with Gasteiger partial charge in [-0.15, -0.1) is 0 Å². The first-order valence-electron chi connectivity index (χ1n) is 7.24. The lowest BCUT2D eigenvalue weighted by atomic mass is 9.76. The molecule has 1 fully saturated rings. The Kier molecular flexibility index (Phi) is 4.70. The van der Waals surface area contributed by atoms with Crippen LogP contribution in [0.2, 0.25) is 0 Å². The lowest BCUT2D eigenvalue weighted by Crippen LogP contribution is -2.45. The maximum absolute atomic E-state index is 9.78. The molecule has 0 spiro atoms. The molecule has 1 aliphatic rings. The third-order valence-corrected chi connectivity index (χ3v) is 4.44. The highest BCUT2D eigenvalue weighted by atomic mass is 16.5. The molecule has 3 nitrogen and oxygen atoms in total. The first kappa shape index (κ1) is 14.2. The monoisotopic (exact) mass is 263 g/mol. The zero-order valence-corrected chi connectivity index (χ0v) is 12.0. The lowest BCUT2D eigenvalue weighted by molar-refractivity contribution is 0.150. The number of anilines is 1. The van der Waals surface area contributed by atoms with E-state index in [4.69, 9.17) is 4.74 Å². The topological polar surface area (TPSA) is 41.5 Å². The lowest BCUT2D eigenvalue weighted by Gasteiger charge is -2.40. The van der Waals surface area contributed by atoms with Gasteiger partial charge in [-0.3, -0.25) is 0 Å². The standard InChI is InChI=1S/C16H25NO2/c1-3-13-8-10-16(12-18,11-9-13)17-14-4-6-15(19-2)7-5-14/h4-7,13,17-18H,3,8-12H2,1-2H3. The van der Waals surface area contributed by atoms with Crippen LogP contribution in [0.15, 0.2) is 24.3 Å². The van der Waals surface area contributed by atoms with Crippen molar-refractivity contribution in [2.45, 2.75) is 44.6 Å². The summed E-state index contributed by atoms with van der Waals surface area (Å²) in [6.07, 6.45) is 5.77. The first-order chi connectivity index (χ1) is 9.21. The Morgan fingerprint density at radius 2 is 1.89 bits per heavy atom. The van der Waals surface area contributed by atoms with Gasteiger partial charge in [-0.2, -0.15) is 0 Å². The molecule has 0 heterocycles. The molecular weight excluding hydrogens is 238 g/mol. The van der Waals surface area contributed by atoms with Crippen molar-refractivity contribution in [1.82, 2.24) is 0 Å². The van der Waals surface area contributed by atoms with Gasteiger partial charge in [0.1, 0.15) is 5.75 Å². The minimum absolute atomic E-state index is 0.139. The average molecular weight is 263 g/mol. The smallest absolute Gasteiger partial charge is 0.119 e. The normalized spacial score (nSPS) is 27.0. The molecule has 19 heavy (non-hydrogen) atoms. The zero-order chi connectivity index (χ0) is 13.7. The molecular formula is C16H25NO2. The molecule has 0 unspecified atom stereocenters. The summed E-state index contributed by atoms with van der Waals surface area (Å²) in [6, 6.07) is 7.93. The number of aliphatic hydroxyl groups excluding tert-OH is 1. The summed E-state index contributed by atoms with van der Waals surface area (Å²) >= 11 is 0. The van der Waals surface area contributed by atoms with Crippen LogP contribution in [0.25, 0.3) is 0 Å². The Hall–Kier alpha value is -1.22. The van der Waals surface area contributed by atoms with E-state index in [1.165, 1.54) is 19.3 Å². The van der Waals surface area contributed by atoms with Gasteiger partial charge in [0.25, 0.3) is 0 Å². The van der Waals surface area contributed by atoms with Gasteiger partial charge < -0.3 is 15.2 Å². The highest BCUT2D eigenvalue weighted by Gasteiger charge is 2.34. The number of aliphatic hydroxyl groups is 1. The summed E-state index contributed by atoms with van der Waals surface area (Å²) in [4.78, 5) is 0. The summed E-state index contributed by atoms with van der Waals surface area (Å²) < 4.78 is 5.16. The van der Waals surface area contributed by atoms with E-state index in [1.54, 1.807) is 7.11 Å². The second-order valence-corrected chi connectivity index (χ2v) is 5.64. The van der Waals surface area contributed by atoms with E-state index >= 15 is 0 Å². The third-order valence-electron chi connectivity index (χ3n) is 4.44. The molecule has 1 aliphatic carbocycles. The number of rotatable bonds is 5. The van der Waals surface area contributed by atoms with E-state index in [-0.39, 0.29) is 12.1 Å². The average Bonchev–Trinajstić information content (AvgIpc) is 2.49. The van der Waals surface area contributed by atoms with Crippen molar-refractivity contribution in [2.24, 2.45) is 5.92 Å². The largest absolute Gasteiger partial charge is 0.497 e. The summed E-state index contributed by atoms with van der Waals surface area (Å²) in [5.41, 5.74) is 0.921. The van der Waals surface area contributed by atoms with Gasteiger partial charge in [-0.05, 0) is 55.9 Å². The SMILES string of the molecule is CCC1CCC(CO)(Nc2ccc(OC)cc2)CC1. The number of nitrogens with one attached hydrogen (secondary N) is 1. The highest BCUT2D eigenvalue weighted by Crippen LogP contribution is 2.36. The maximum Gasteiger partial charge on any atom is 0.119 e. The minimum Gasteiger partial charge on any atom is -0.497 e. The molecule has 106 valence electrons. The van der Waals surface area contributed by atoms with Crippen molar-refractivity contribution < 1.29 is 9.84 Å². The number of benzene rings is 1. The maximum atomic E-state index is 9.78. The number of hydrogen-bond acceptors (Lipinski definition) is 3. The molecule has 0 saturated heterocycles. The summed E-state index contributed by atoms with van der Waals surface area (Å²) in [7, 11) is 1.67. The van der Waals surface area contributed by atoms with E-state index in [0.29, 0.717) is 0 Å². The summed E-state index contributed by atoms with van der Waals surface area (Å²) in [6.45, 7) is 2.46. The van der Waals surface area contributed by atoms with Crippen molar-refractivity contribution in [2.75, 3.05) is 19.0 Å². The Balaban J connectivity index is 2.02. The van der Waals surface area contributed by atoms with E-state index in [0.717, 1.165) is 30.2 Å². The molecule has 1 aromatic rings. The van der Waals surface area contributed by atoms with Gasteiger partial charge in [0.15, 0.2) is 0 Å². The predicted molar refractivity (Wildman–Crippen MR) is 78.7 cm³/mol. The minimum atomic E-state index is -0.139. The highest BCUT2D eigenvalue weighted by molar-refractivity contribution is 5.48. The fourth-order valence-electron chi connectivity index (χ4n) is 2.94. The molecule has 3 heteroatoms. The van der Waals surface area contributed by atoms with Crippen LogP contribution in [0.5, 0.6) is 5.75 Å². The van der Waals surface area contributed by atoms with Gasteiger partial charge in [0, 0.05) is 5.69 Å². The number of ether oxygens (including phenoxy) is 1. The van der Waals surface area contributed by atoms with Crippen molar-refractivity contribution >= 4 is 5.69 Å². The van der Waals surface area contributed by atoms with Gasteiger partial charge in [-0.1, -0.05) is 13.3 Å². The second-order valence-electron chi connectivity index (χ2n) is 5.64. The molecule has 0 bridgehead atoms. The molecule has 1 aromatic carbocycles. The van der Waals surface area contributed by atoms with E-state index < -0.39 is 0 Å². The quantitative estimate of drug-likeness (QED) is 0.855. The van der Waals surface area contributed by atoms with Gasteiger partial charge in [0.2, 0.25) is 0 Å². The van der Waals surface area contributed by atoms with Crippen LogP contribution in [0.4, 0.5) is 5.69 Å². The number of hydrogen-bond donors (Lipinski definition) is 2. The molecule has 1 saturated carbocycles. The van der Waals surface area contributed by atoms with Gasteiger partial charge >= 0.3 is 0 Å². The summed E-state index contributed by atoms with van der Waals surface area (Å²) in [5.74, 6) is 1.69. The number of methoxy groups -OCH3 is 1. The van der Waals surface area contributed by atoms with Crippen molar-refractivity contribution in [3.63, 3.8) is 0 Å². The fourth-order valence-corrected chi connectivity index (χ4v) is 2.94. The van der Waals surface area contributed by atoms with Crippen molar-refractivity contribution in [3.8, 4) is 5.75 Å². The summed E-state index contributed by atoms with van der Waals surface area (Å²) in [5, 5.41) is 13.3. The molecule has 0 aromatic heterocycles. The molecule has 0 amide bonds. The van der Waals surface area contributed by atoms with Crippen LogP contribution in [-0.4, -0.2) is 24.4 Å². The molecule has 0 aliphatic heterocycles. The Labute approximate surface area is 116 Å². The Bertz CT molecular complexity index is 380. The Morgan fingerprint density at radius 3 is 2.37 bits per heavy atom. The van der Waals surface area contributed by atoms with Crippen molar-refractivity contribution in [3.05, 3.63) is 24.3 Å². The predicted octanol–water partition coefficient (Wildman–Crippen LogP) is 3.44. The van der Waals surface area contributed by atoms with Crippen LogP contribution in [0, 0.1) is 5.92 Å². The molecule has 0 radical (unpaired) electrons. The molecule has 2 rings (SSSR count). The second kappa shape index (κ2) is 6.29. The molecule has 0 atom stereocenters. The zero-order valence-electron chi connectivity index (χ0n) is 12.0. The van der Waals surface area contributed by atoms with Crippen LogP contribution in [0.3, 0.4) is 0 Å². The van der Waals surface area contributed by atoms with E-state index in [9.17, 15) is 5.11 Å². The van der Waals surface area contributed by atoms with Crippen LogP contribution in [0.1, 0.15) is 39.0 Å².